The van der Waals surface area contributed by atoms with Crippen LogP contribution in [-0.4, -0.2) is 24.1 Å². The Balaban J connectivity index is 1.92. The van der Waals surface area contributed by atoms with Crippen molar-refractivity contribution in [3.63, 3.8) is 0 Å². The summed E-state index contributed by atoms with van der Waals surface area (Å²) in [5, 5.41) is 0. The standard InChI is InChI=1S/C14H19N3O/c15-9-10-17(11-5-1-2-6-11)14-16-12-7-3-4-8-13(12)18-14/h3-4,7-8,11H,1-2,5-6,9-10,15H2. The van der Waals surface area contributed by atoms with E-state index in [1.54, 1.807) is 0 Å². The number of fused-ring (bicyclic) bond motifs is 1. The van der Waals surface area contributed by atoms with E-state index in [4.69, 9.17) is 10.2 Å². The molecule has 18 heavy (non-hydrogen) atoms. The third-order valence-corrected chi connectivity index (χ3v) is 3.66. The van der Waals surface area contributed by atoms with Crippen LogP contribution in [-0.2, 0) is 0 Å². The van der Waals surface area contributed by atoms with E-state index in [2.05, 4.69) is 9.88 Å². The molecule has 4 nitrogen and oxygen atoms in total. The molecule has 1 aliphatic carbocycles. The molecule has 96 valence electrons. The van der Waals surface area contributed by atoms with Crippen molar-refractivity contribution in [3.8, 4) is 0 Å². The molecule has 3 rings (SSSR count). The highest BCUT2D eigenvalue weighted by atomic mass is 16.4. The molecular formula is C14H19N3O. The number of oxazole rings is 1. The average Bonchev–Trinajstić information content (AvgIpc) is 3.04. The fourth-order valence-electron chi connectivity index (χ4n) is 2.77. The summed E-state index contributed by atoms with van der Waals surface area (Å²) in [6.45, 7) is 1.45. The Morgan fingerprint density at radius 2 is 2.06 bits per heavy atom. The molecule has 0 amide bonds. The molecule has 1 heterocycles. The number of nitrogens with two attached hydrogens (primary N) is 1. The average molecular weight is 245 g/mol. The van der Waals surface area contributed by atoms with E-state index in [1.165, 1.54) is 25.7 Å². The summed E-state index contributed by atoms with van der Waals surface area (Å²) >= 11 is 0. The normalized spacial score (nSPS) is 16.5. The van der Waals surface area contributed by atoms with Crippen LogP contribution in [0.15, 0.2) is 28.7 Å². The zero-order valence-corrected chi connectivity index (χ0v) is 10.5. The van der Waals surface area contributed by atoms with Crippen molar-refractivity contribution in [2.24, 2.45) is 5.73 Å². The van der Waals surface area contributed by atoms with E-state index in [1.807, 2.05) is 24.3 Å². The van der Waals surface area contributed by atoms with Gasteiger partial charge in [0.05, 0.1) is 0 Å². The molecule has 0 aliphatic heterocycles. The maximum Gasteiger partial charge on any atom is 0.298 e. The summed E-state index contributed by atoms with van der Waals surface area (Å²) in [6, 6.07) is 9.17. The van der Waals surface area contributed by atoms with Crippen LogP contribution in [0.4, 0.5) is 6.01 Å². The maximum absolute atomic E-state index is 5.85. The highest BCUT2D eigenvalue weighted by molar-refractivity contribution is 5.74. The van der Waals surface area contributed by atoms with Crippen molar-refractivity contribution in [2.45, 2.75) is 31.7 Å². The molecule has 1 fully saturated rings. The van der Waals surface area contributed by atoms with Crippen molar-refractivity contribution in [1.82, 2.24) is 4.98 Å². The number of benzene rings is 1. The zero-order chi connectivity index (χ0) is 12.4. The number of nitrogens with zero attached hydrogens (tertiary/aromatic N) is 2. The second-order valence-corrected chi connectivity index (χ2v) is 4.88. The topological polar surface area (TPSA) is 55.3 Å². The van der Waals surface area contributed by atoms with E-state index in [-0.39, 0.29) is 0 Å². The number of rotatable bonds is 4. The lowest BCUT2D eigenvalue weighted by atomic mass is 10.2. The van der Waals surface area contributed by atoms with Crippen LogP contribution < -0.4 is 10.6 Å². The van der Waals surface area contributed by atoms with Crippen molar-refractivity contribution >= 4 is 17.1 Å². The van der Waals surface area contributed by atoms with Gasteiger partial charge in [0.1, 0.15) is 5.52 Å². The van der Waals surface area contributed by atoms with Crippen LogP contribution in [0.25, 0.3) is 11.1 Å². The maximum atomic E-state index is 5.85. The molecule has 2 aromatic rings. The predicted molar refractivity (Wildman–Crippen MR) is 72.7 cm³/mol. The van der Waals surface area contributed by atoms with E-state index in [0.717, 1.165) is 23.7 Å². The molecule has 0 atom stereocenters. The fraction of sp³-hybridized carbons (Fsp3) is 0.500. The third kappa shape index (κ3) is 2.08. The molecule has 0 radical (unpaired) electrons. The minimum absolute atomic E-state index is 0.543. The van der Waals surface area contributed by atoms with E-state index in [0.29, 0.717) is 12.6 Å². The minimum atomic E-state index is 0.543. The van der Waals surface area contributed by atoms with Gasteiger partial charge < -0.3 is 15.1 Å². The predicted octanol–water partition coefficient (Wildman–Crippen LogP) is 2.54. The Hall–Kier alpha value is -1.55. The van der Waals surface area contributed by atoms with Crippen LogP contribution in [0.1, 0.15) is 25.7 Å². The SMILES string of the molecule is NCCN(c1nc2ccccc2o1)C1CCCC1. The first-order valence-corrected chi connectivity index (χ1v) is 6.71. The fourth-order valence-corrected chi connectivity index (χ4v) is 2.77. The lowest BCUT2D eigenvalue weighted by molar-refractivity contribution is 0.513. The van der Waals surface area contributed by atoms with Crippen molar-refractivity contribution < 1.29 is 4.42 Å². The first-order chi connectivity index (χ1) is 8.88. The largest absolute Gasteiger partial charge is 0.423 e. The zero-order valence-electron chi connectivity index (χ0n) is 10.5. The van der Waals surface area contributed by atoms with Crippen LogP contribution >= 0.6 is 0 Å². The summed E-state index contributed by atoms with van der Waals surface area (Å²) in [4.78, 5) is 6.82. The first-order valence-electron chi connectivity index (χ1n) is 6.71. The Kier molecular flexibility index (Phi) is 3.19. The highest BCUT2D eigenvalue weighted by Crippen LogP contribution is 2.29. The third-order valence-electron chi connectivity index (χ3n) is 3.66. The Labute approximate surface area is 107 Å². The van der Waals surface area contributed by atoms with Crippen molar-refractivity contribution in [2.75, 3.05) is 18.0 Å². The summed E-state index contributed by atoms with van der Waals surface area (Å²) in [7, 11) is 0. The van der Waals surface area contributed by atoms with Gasteiger partial charge >= 0.3 is 0 Å². The second-order valence-electron chi connectivity index (χ2n) is 4.88. The van der Waals surface area contributed by atoms with Gasteiger partial charge in [-0.2, -0.15) is 4.98 Å². The number of para-hydroxylation sites is 2. The van der Waals surface area contributed by atoms with Gasteiger partial charge in [0, 0.05) is 19.1 Å². The number of hydrogen-bond donors (Lipinski definition) is 1. The van der Waals surface area contributed by atoms with E-state index >= 15 is 0 Å². The molecule has 4 heteroatoms. The summed E-state index contributed by atoms with van der Waals surface area (Å²) in [5.74, 6) is 0. The number of anilines is 1. The van der Waals surface area contributed by atoms with Crippen LogP contribution in [0, 0.1) is 0 Å². The lowest BCUT2D eigenvalue weighted by Gasteiger charge is -2.26. The molecule has 0 saturated heterocycles. The van der Waals surface area contributed by atoms with Crippen molar-refractivity contribution in [3.05, 3.63) is 24.3 Å². The van der Waals surface area contributed by atoms with Gasteiger partial charge in [-0.15, -0.1) is 0 Å². The van der Waals surface area contributed by atoms with Gasteiger partial charge in [-0.05, 0) is 25.0 Å². The first kappa shape index (κ1) is 11.5. The molecule has 1 aliphatic rings. The van der Waals surface area contributed by atoms with Crippen LogP contribution in [0.3, 0.4) is 0 Å². The Morgan fingerprint density at radius 1 is 1.28 bits per heavy atom. The Bertz CT molecular complexity index is 483. The molecule has 0 spiro atoms. The highest BCUT2D eigenvalue weighted by Gasteiger charge is 2.25. The van der Waals surface area contributed by atoms with Gasteiger partial charge in [0.2, 0.25) is 0 Å². The lowest BCUT2D eigenvalue weighted by Crippen LogP contribution is -2.37. The van der Waals surface area contributed by atoms with Crippen molar-refractivity contribution in [1.29, 1.82) is 0 Å². The molecule has 2 N–H and O–H groups in total. The van der Waals surface area contributed by atoms with Gasteiger partial charge in [-0.1, -0.05) is 25.0 Å². The second kappa shape index (κ2) is 4.98. The minimum Gasteiger partial charge on any atom is -0.423 e. The molecule has 0 unspecified atom stereocenters. The molecule has 0 bridgehead atoms. The van der Waals surface area contributed by atoms with Crippen LogP contribution in [0.5, 0.6) is 0 Å². The van der Waals surface area contributed by atoms with Gasteiger partial charge in [0.15, 0.2) is 5.58 Å². The molecular weight excluding hydrogens is 226 g/mol. The quantitative estimate of drug-likeness (QED) is 0.899. The smallest absolute Gasteiger partial charge is 0.298 e. The van der Waals surface area contributed by atoms with E-state index < -0.39 is 0 Å². The van der Waals surface area contributed by atoms with Gasteiger partial charge in [0.25, 0.3) is 6.01 Å². The monoisotopic (exact) mass is 245 g/mol. The van der Waals surface area contributed by atoms with Gasteiger partial charge in [-0.25, -0.2) is 0 Å². The van der Waals surface area contributed by atoms with E-state index in [9.17, 15) is 0 Å². The summed E-state index contributed by atoms with van der Waals surface area (Å²) in [5.41, 5.74) is 7.50. The number of aromatic nitrogens is 1. The molecule has 1 aromatic carbocycles. The molecule has 1 saturated carbocycles. The summed E-state index contributed by atoms with van der Waals surface area (Å²) < 4.78 is 5.85. The van der Waals surface area contributed by atoms with Gasteiger partial charge in [-0.3, -0.25) is 0 Å². The molecule has 1 aromatic heterocycles. The number of hydrogen-bond acceptors (Lipinski definition) is 4. The van der Waals surface area contributed by atoms with Crippen LogP contribution in [0.2, 0.25) is 0 Å². The Morgan fingerprint density at radius 3 is 2.78 bits per heavy atom. The summed E-state index contributed by atoms with van der Waals surface area (Å²) in [6.07, 6.45) is 5.04.